The fraction of sp³-hybridized carbons (Fsp3) is 0.750. The lowest BCUT2D eigenvalue weighted by Crippen LogP contribution is -2.51. The Bertz CT molecular complexity index is 428. The Morgan fingerprint density at radius 1 is 1.53 bits per heavy atom. The largest absolute Gasteiger partial charge is 0.481 e. The lowest BCUT2D eigenvalue weighted by Gasteiger charge is -2.33. The van der Waals surface area contributed by atoms with E-state index in [2.05, 4.69) is 5.32 Å². The van der Waals surface area contributed by atoms with Crippen LogP contribution in [0.3, 0.4) is 0 Å². The second-order valence-corrected chi connectivity index (χ2v) is 6.35. The van der Waals surface area contributed by atoms with Crippen molar-refractivity contribution in [1.82, 2.24) is 5.32 Å². The second-order valence-electron chi connectivity index (χ2n) is 4.12. The van der Waals surface area contributed by atoms with E-state index < -0.39 is 27.3 Å². The predicted octanol–water partition coefficient (Wildman–Crippen LogP) is -1.24. The van der Waals surface area contributed by atoms with E-state index in [4.69, 9.17) is 5.11 Å². The van der Waals surface area contributed by atoms with Crippen molar-refractivity contribution in [2.45, 2.75) is 18.9 Å². The van der Waals surface area contributed by atoms with Gasteiger partial charge < -0.3 is 10.4 Å². The van der Waals surface area contributed by atoms with Gasteiger partial charge in [-0.2, -0.15) is 0 Å². The van der Waals surface area contributed by atoms with E-state index in [1.165, 1.54) is 0 Å². The summed E-state index contributed by atoms with van der Waals surface area (Å²) in [6.07, 6.45) is -0.0867. The first-order chi connectivity index (χ1) is 6.86. The molecular formula is C8H11NO5S. The third-order valence-corrected chi connectivity index (χ3v) is 4.85. The summed E-state index contributed by atoms with van der Waals surface area (Å²) in [6, 6.07) is -0.763. The van der Waals surface area contributed by atoms with Gasteiger partial charge in [0.05, 0.1) is 23.0 Å². The maximum atomic E-state index is 11.3. The zero-order valence-electron chi connectivity index (χ0n) is 7.89. The number of carboxylic acids is 1. The highest BCUT2D eigenvalue weighted by Crippen LogP contribution is 2.40. The van der Waals surface area contributed by atoms with Crippen LogP contribution in [0.5, 0.6) is 0 Å². The molecule has 6 nitrogen and oxygen atoms in total. The molecule has 2 aliphatic heterocycles. The van der Waals surface area contributed by atoms with Gasteiger partial charge in [-0.3, -0.25) is 9.59 Å². The molecule has 0 bridgehead atoms. The molecule has 2 atom stereocenters. The molecule has 0 aliphatic carbocycles. The van der Waals surface area contributed by atoms with E-state index in [1.807, 2.05) is 0 Å². The molecule has 15 heavy (non-hydrogen) atoms. The van der Waals surface area contributed by atoms with E-state index in [0.29, 0.717) is 0 Å². The Balaban J connectivity index is 2.38. The number of carbonyl (C=O) groups excluding carboxylic acids is 1. The van der Waals surface area contributed by atoms with Crippen LogP contribution in [0.2, 0.25) is 0 Å². The van der Waals surface area contributed by atoms with Gasteiger partial charge in [0.15, 0.2) is 9.84 Å². The molecule has 84 valence electrons. The van der Waals surface area contributed by atoms with Gasteiger partial charge in [0, 0.05) is 6.42 Å². The molecule has 1 amide bonds. The van der Waals surface area contributed by atoms with Gasteiger partial charge in [-0.25, -0.2) is 8.42 Å². The number of carbonyl (C=O) groups is 2. The number of fused-ring (bicyclic) bond motifs is 1. The van der Waals surface area contributed by atoms with Crippen molar-refractivity contribution in [2.75, 3.05) is 11.5 Å². The van der Waals surface area contributed by atoms with Crippen LogP contribution in [0.1, 0.15) is 12.8 Å². The highest BCUT2D eigenvalue weighted by molar-refractivity contribution is 7.91. The van der Waals surface area contributed by atoms with E-state index in [-0.39, 0.29) is 30.3 Å². The number of sulfone groups is 1. The summed E-state index contributed by atoms with van der Waals surface area (Å²) in [4.78, 5) is 22.3. The van der Waals surface area contributed by atoms with Crippen LogP contribution in [0, 0.1) is 5.41 Å². The first kappa shape index (κ1) is 10.4. The van der Waals surface area contributed by atoms with Crippen LogP contribution in [0.25, 0.3) is 0 Å². The van der Waals surface area contributed by atoms with Crippen molar-refractivity contribution < 1.29 is 23.1 Å². The van der Waals surface area contributed by atoms with E-state index in [1.54, 1.807) is 0 Å². The standard InChI is InChI=1S/C8H11NO5S/c10-6-3-8(7(11)12)1-2-15(13,14)4-5(8)9-6/h5H,1-4H2,(H,9,10)(H,11,12). The molecule has 0 aromatic heterocycles. The molecule has 0 radical (unpaired) electrons. The van der Waals surface area contributed by atoms with Crippen LogP contribution < -0.4 is 5.32 Å². The number of hydrogen-bond donors (Lipinski definition) is 2. The quantitative estimate of drug-likeness (QED) is 0.590. The number of carboxylic acid groups (broad SMARTS) is 1. The third kappa shape index (κ3) is 1.50. The van der Waals surface area contributed by atoms with Crippen molar-refractivity contribution in [3.8, 4) is 0 Å². The maximum Gasteiger partial charge on any atom is 0.312 e. The van der Waals surface area contributed by atoms with E-state index in [0.717, 1.165) is 0 Å². The van der Waals surface area contributed by atoms with Crippen LogP contribution in [-0.2, 0) is 19.4 Å². The minimum Gasteiger partial charge on any atom is -0.481 e. The van der Waals surface area contributed by atoms with Gasteiger partial charge in [-0.15, -0.1) is 0 Å². The summed E-state index contributed by atoms with van der Waals surface area (Å²) in [6.45, 7) is 0. The molecule has 2 N–H and O–H groups in total. The lowest BCUT2D eigenvalue weighted by atomic mass is 9.78. The average molecular weight is 233 g/mol. The van der Waals surface area contributed by atoms with Crippen LogP contribution >= 0.6 is 0 Å². The van der Waals surface area contributed by atoms with E-state index in [9.17, 15) is 18.0 Å². The van der Waals surface area contributed by atoms with Gasteiger partial charge in [-0.05, 0) is 6.42 Å². The Hall–Kier alpha value is -1.11. The highest BCUT2D eigenvalue weighted by atomic mass is 32.2. The summed E-state index contributed by atoms with van der Waals surface area (Å²) in [5, 5.41) is 11.5. The summed E-state index contributed by atoms with van der Waals surface area (Å²) in [5.74, 6) is -1.87. The van der Waals surface area contributed by atoms with Crippen LogP contribution in [-0.4, -0.2) is 42.9 Å². The first-order valence-corrected chi connectivity index (χ1v) is 6.41. The number of hydrogen-bond acceptors (Lipinski definition) is 4. The number of amides is 1. The number of aliphatic carboxylic acids is 1. The molecule has 2 aliphatic rings. The van der Waals surface area contributed by atoms with Crippen molar-refractivity contribution in [3.63, 3.8) is 0 Å². The molecule has 0 saturated carbocycles. The Kier molecular flexibility index (Phi) is 2.04. The van der Waals surface area contributed by atoms with E-state index >= 15 is 0 Å². The number of rotatable bonds is 1. The molecule has 0 aromatic rings. The zero-order chi connectivity index (χ0) is 11.3. The first-order valence-electron chi connectivity index (χ1n) is 4.59. The predicted molar refractivity (Wildman–Crippen MR) is 49.9 cm³/mol. The molecule has 2 saturated heterocycles. The average Bonchev–Trinajstić information content (AvgIpc) is 2.39. The Morgan fingerprint density at radius 3 is 2.80 bits per heavy atom. The molecule has 2 fully saturated rings. The smallest absolute Gasteiger partial charge is 0.312 e. The van der Waals surface area contributed by atoms with Gasteiger partial charge in [0.2, 0.25) is 5.91 Å². The minimum atomic E-state index is -3.21. The lowest BCUT2D eigenvalue weighted by molar-refractivity contribution is -0.150. The maximum absolute atomic E-state index is 11.3. The van der Waals surface area contributed by atoms with Crippen molar-refractivity contribution >= 4 is 21.7 Å². The van der Waals surface area contributed by atoms with Crippen molar-refractivity contribution in [2.24, 2.45) is 5.41 Å². The zero-order valence-corrected chi connectivity index (χ0v) is 8.71. The normalized spacial score (nSPS) is 38.1. The molecular weight excluding hydrogens is 222 g/mol. The fourth-order valence-electron chi connectivity index (χ4n) is 2.26. The highest BCUT2D eigenvalue weighted by Gasteiger charge is 2.56. The Labute approximate surface area is 86.6 Å². The summed E-state index contributed by atoms with van der Waals surface area (Å²) in [7, 11) is -3.21. The third-order valence-electron chi connectivity index (χ3n) is 3.18. The Morgan fingerprint density at radius 2 is 2.20 bits per heavy atom. The molecule has 2 rings (SSSR count). The van der Waals surface area contributed by atoms with Crippen molar-refractivity contribution in [3.05, 3.63) is 0 Å². The van der Waals surface area contributed by atoms with Gasteiger partial charge >= 0.3 is 5.97 Å². The summed E-state index contributed by atoms with van der Waals surface area (Å²) < 4.78 is 22.6. The van der Waals surface area contributed by atoms with Crippen LogP contribution in [0.15, 0.2) is 0 Å². The van der Waals surface area contributed by atoms with Gasteiger partial charge in [0.1, 0.15) is 0 Å². The monoisotopic (exact) mass is 233 g/mol. The molecule has 2 heterocycles. The molecule has 0 spiro atoms. The second kappa shape index (κ2) is 2.94. The molecule has 2 unspecified atom stereocenters. The summed E-state index contributed by atoms with van der Waals surface area (Å²) >= 11 is 0. The minimum absolute atomic E-state index is 0.0219. The van der Waals surface area contributed by atoms with Crippen molar-refractivity contribution in [1.29, 1.82) is 0 Å². The van der Waals surface area contributed by atoms with Gasteiger partial charge in [-0.1, -0.05) is 0 Å². The SMILES string of the molecule is O=C1CC2(C(=O)O)CCS(=O)(=O)CC2N1. The number of nitrogens with one attached hydrogen (secondary N) is 1. The van der Waals surface area contributed by atoms with Crippen LogP contribution in [0.4, 0.5) is 0 Å². The topological polar surface area (TPSA) is 101 Å². The molecule has 0 aromatic carbocycles. The molecule has 7 heteroatoms. The fourth-order valence-corrected chi connectivity index (χ4v) is 4.02. The van der Waals surface area contributed by atoms with Gasteiger partial charge in [0.25, 0.3) is 0 Å². The summed E-state index contributed by atoms with van der Waals surface area (Å²) in [5.41, 5.74) is -1.21.